The lowest BCUT2D eigenvalue weighted by Crippen LogP contribution is -2.17. The summed E-state index contributed by atoms with van der Waals surface area (Å²) in [4.78, 5) is 34.4. The highest BCUT2D eigenvalue weighted by molar-refractivity contribution is 8.18. The molecule has 3 heterocycles. The van der Waals surface area contributed by atoms with Crippen LogP contribution in [0.5, 0.6) is 0 Å². The van der Waals surface area contributed by atoms with Crippen LogP contribution in [-0.4, -0.2) is 26.8 Å². The number of nitrogens with zero attached hydrogens (tertiary/aromatic N) is 1. The van der Waals surface area contributed by atoms with Gasteiger partial charge in [0.25, 0.3) is 11.1 Å². The normalized spacial score (nSPS) is 15.8. The molecule has 130 valence electrons. The average molecular weight is 368 g/mol. The fourth-order valence-corrected chi connectivity index (χ4v) is 3.50. The number of fused-ring (bicyclic) bond motifs is 1. The molecule has 0 aliphatic carbocycles. The van der Waals surface area contributed by atoms with E-state index in [-0.39, 0.29) is 11.0 Å². The van der Waals surface area contributed by atoms with Gasteiger partial charge in [-0.1, -0.05) is 18.2 Å². The highest BCUT2D eigenvalue weighted by Crippen LogP contribution is 2.30. The van der Waals surface area contributed by atoms with Crippen molar-refractivity contribution in [3.63, 3.8) is 0 Å². The number of furan rings is 1. The molecular weight excluding hydrogens is 356 g/mol. The van der Waals surface area contributed by atoms with Gasteiger partial charge in [-0.25, -0.2) is 4.79 Å². The molecule has 0 bridgehead atoms. The minimum atomic E-state index is -1.12. The zero-order chi connectivity index (χ0) is 18.3. The Balaban J connectivity index is 1.74. The summed E-state index contributed by atoms with van der Waals surface area (Å²) in [5, 5.41) is 11.7. The summed E-state index contributed by atoms with van der Waals surface area (Å²) >= 11 is 0.865. The van der Waals surface area contributed by atoms with Crippen molar-refractivity contribution < 1.29 is 23.9 Å². The van der Waals surface area contributed by atoms with E-state index in [2.05, 4.69) is 5.32 Å². The van der Waals surface area contributed by atoms with Crippen LogP contribution in [0.2, 0.25) is 0 Å². The van der Waals surface area contributed by atoms with Gasteiger partial charge in [-0.3, -0.25) is 14.9 Å². The summed E-state index contributed by atoms with van der Waals surface area (Å²) < 4.78 is 7.23. The summed E-state index contributed by atoms with van der Waals surface area (Å²) in [7, 11) is 0. The molecule has 0 saturated carbocycles. The molecule has 1 fully saturated rings. The molecule has 1 aliphatic rings. The van der Waals surface area contributed by atoms with E-state index in [4.69, 9.17) is 9.52 Å². The lowest BCUT2D eigenvalue weighted by Gasteiger charge is -2.02. The molecule has 2 N–H and O–H groups in total. The van der Waals surface area contributed by atoms with Gasteiger partial charge in [0.2, 0.25) is 5.76 Å². The quantitative estimate of drug-likeness (QED) is 0.685. The first-order valence-electron chi connectivity index (χ1n) is 7.66. The van der Waals surface area contributed by atoms with E-state index in [0.717, 1.165) is 28.2 Å². The van der Waals surface area contributed by atoms with Crippen molar-refractivity contribution in [3.05, 3.63) is 64.6 Å². The Labute approximate surface area is 151 Å². The van der Waals surface area contributed by atoms with Crippen LogP contribution in [-0.2, 0) is 11.3 Å². The number of nitrogens with one attached hydrogen (secondary N) is 1. The van der Waals surface area contributed by atoms with Gasteiger partial charge in [0.1, 0.15) is 5.76 Å². The zero-order valence-corrected chi connectivity index (χ0v) is 14.1. The van der Waals surface area contributed by atoms with E-state index in [0.29, 0.717) is 17.2 Å². The second-order valence-electron chi connectivity index (χ2n) is 5.65. The molecule has 8 heteroatoms. The number of hydrogen-bond donors (Lipinski definition) is 2. The van der Waals surface area contributed by atoms with Crippen LogP contribution >= 0.6 is 11.8 Å². The Morgan fingerprint density at radius 1 is 1.23 bits per heavy atom. The molecule has 0 spiro atoms. The summed E-state index contributed by atoms with van der Waals surface area (Å²) in [6, 6.07) is 10.7. The number of imide groups is 1. The van der Waals surface area contributed by atoms with E-state index in [1.54, 1.807) is 12.1 Å². The lowest BCUT2D eigenvalue weighted by atomic mass is 10.1. The first kappa shape index (κ1) is 16.2. The Kier molecular flexibility index (Phi) is 3.89. The largest absolute Gasteiger partial charge is 0.475 e. The summed E-state index contributed by atoms with van der Waals surface area (Å²) in [5.74, 6) is -1.14. The van der Waals surface area contributed by atoms with Crippen molar-refractivity contribution in [2.45, 2.75) is 6.54 Å². The molecule has 0 radical (unpaired) electrons. The molecule has 2 aromatic heterocycles. The van der Waals surface area contributed by atoms with Crippen molar-refractivity contribution in [2.24, 2.45) is 0 Å². The number of para-hydroxylation sites is 1. The number of amides is 2. The van der Waals surface area contributed by atoms with Crippen LogP contribution in [0.15, 0.2) is 51.9 Å². The topological polar surface area (TPSA) is 102 Å². The van der Waals surface area contributed by atoms with Crippen molar-refractivity contribution in [1.29, 1.82) is 0 Å². The third-order valence-corrected chi connectivity index (χ3v) is 4.76. The second kappa shape index (κ2) is 6.23. The standard InChI is InChI=1S/C18H12N2O5S/c21-16-15(26-18(24)19-16)7-10-8-20(13-4-2-1-3-12(10)13)9-11-5-6-14(25-11)17(22)23/h1-8H,9H2,(H,22,23)(H,19,21,24)/b15-7+. The maximum atomic E-state index is 11.8. The summed E-state index contributed by atoms with van der Waals surface area (Å²) in [6.45, 7) is 0.342. The highest BCUT2D eigenvalue weighted by atomic mass is 32.2. The molecule has 7 nitrogen and oxygen atoms in total. The van der Waals surface area contributed by atoms with Crippen LogP contribution < -0.4 is 5.32 Å². The summed E-state index contributed by atoms with van der Waals surface area (Å²) in [5.41, 5.74) is 1.69. The third-order valence-electron chi connectivity index (χ3n) is 3.95. The van der Waals surface area contributed by atoms with Crippen molar-refractivity contribution >= 4 is 45.9 Å². The Morgan fingerprint density at radius 2 is 2.04 bits per heavy atom. The highest BCUT2D eigenvalue weighted by Gasteiger charge is 2.25. The van der Waals surface area contributed by atoms with E-state index in [1.807, 2.05) is 35.0 Å². The summed E-state index contributed by atoms with van der Waals surface area (Å²) in [6.07, 6.45) is 3.52. The smallest absolute Gasteiger partial charge is 0.371 e. The zero-order valence-electron chi connectivity index (χ0n) is 13.3. The van der Waals surface area contributed by atoms with Gasteiger partial charge in [0, 0.05) is 22.7 Å². The molecular formula is C18H12N2O5S. The van der Waals surface area contributed by atoms with Gasteiger partial charge in [-0.05, 0) is 36.0 Å². The van der Waals surface area contributed by atoms with E-state index in [9.17, 15) is 14.4 Å². The Bertz CT molecular complexity index is 1090. The molecule has 26 heavy (non-hydrogen) atoms. The number of carboxylic acids is 1. The monoisotopic (exact) mass is 368 g/mol. The van der Waals surface area contributed by atoms with Gasteiger partial charge in [0.05, 0.1) is 11.4 Å². The van der Waals surface area contributed by atoms with Crippen LogP contribution in [0.1, 0.15) is 21.9 Å². The minimum Gasteiger partial charge on any atom is -0.475 e. The van der Waals surface area contributed by atoms with E-state index >= 15 is 0 Å². The lowest BCUT2D eigenvalue weighted by molar-refractivity contribution is -0.115. The number of aromatic nitrogens is 1. The first-order chi connectivity index (χ1) is 12.5. The average Bonchev–Trinajstić information content (AvgIpc) is 3.28. The number of benzene rings is 1. The fourth-order valence-electron chi connectivity index (χ4n) is 2.83. The fraction of sp³-hybridized carbons (Fsp3) is 0.0556. The van der Waals surface area contributed by atoms with Crippen LogP contribution in [0, 0.1) is 0 Å². The van der Waals surface area contributed by atoms with Crippen molar-refractivity contribution in [1.82, 2.24) is 9.88 Å². The SMILES string of the molecule is O=C1NC(=O)/C(=C\c2cn(Cc3ccc(C(=O)O)o3)c3ccccc23)S1. The van der Waals surface area contributed by atoms with Gasteiger partial charge in [-0.15, -0.1) is 0 Å². The first-order valence-corrected chi connectivity index (χ1v) is 8.47. The molecule has 0 unspecified atom stereocenters. The minimum absolute atomic E-state index is 0.114. The predicted molar refractivity (Wildman–Crippen MR) is 95.8 cm³/mol. The molecule has 1 aromatic carbocycles. The maximum Gasteiger partial charge on any atom is 0.371 e. The van der Waals surface area contributed by atoms with Crippen molar-refractivity contribution in [2.75, 3.05) is 0 Å². The predicted octanol–water partition coefficient (Wildman–Crippen LogP) is 3.30. The Morgan fingerprint density at radius 3 is 2.73 bits per heavy atom. The molecule has 2 amide bonds. The van der Waals surface area contributed by atoms with Crippen LogP contribution in [0.4, 0.5) is 4.79 Å². The van der Waals surface area contributed by atoms with Gasteiger partial charge < -0.3 is 14.1 Å². The second-order valence-corrected chi connectivity index (χ2v) is 6.67. The number of carbonyl (C=O) groups excluding carboxylic acids is 2. The van der Waals surface area contributed by atoms with Gasteiger partial charge in [-0.2, -0.15) is 0 Å². The molecule has 3 aromatic rings. The Hall–Kier alpha value is -3.26. The third kappa shape index (κ3) is 2.91. The van der Waals surface area contributed by atoms with E-state index < -0.39 is 11.9 Å². The molecule has 1 aliphatic heterocycles. The number of hydrogen-bond acceptors (Lipinski definition) is 5. The molecule has 0 atom stereocenters. The number of thioether (sulfide) groups is 1. The van der Waals surface area contributed by atoms with Gasteiger partial charge >= 0.3 is 5.97 Å². The number of aromatic carboxylic acids is 1. The van der Waals surface area contributed by atoms with E-state index in [1.165, 1.54) is 6.07 Å². The maximum absolute atomic E-state index is 11.8. The number of rotatable bonds is 4. The molecule has 1 saturated heterocycles. The number of carboxylic acid groups (broad SMARTS) is 1. The molecule has 4 rings (SSSR count). The van der Waals surface area contributed by atoms with Crippen LogP contribution in [0.3, 0.4) is 0 Å². The number of carbonyl (C=O) groups is 3. The van der Waals surface area contributed by atoms with Crippen molar-refractivity contribution in [3.8, 4) is 0 Å². The van der Waals surface area contributed by atoms with Gasteiger partial charge in [0.15, 0.2) is 0 Å². The van der Waals surface area contributed by atoms with Crippen LogP contribution in [0.25, 0.3) is 17.0 Å².